The molecule has 106 valence electrons. The molecule has 20 heavy (non-hydrogen) atoms. The highest BCUT2D eigenvalue weighted by Crippen LogP contribution is 2.20. The van der Waals surface area contributed by atoms with Gasteiger partial charge in [-0.25, -0.2) is 0 Å². The number of nitrogens with two attached hydrogens (primary N) is 1. The maximum atomic E-state index is 11.0. The van der Waals surface area contributed by atoms with E-state index in [4.69, 9.17) is 10.2 Å². The molecule has 1 aromatic carbocycles. The van der Waals surface area contributed by atoms with Crippen LogP contribution in [0.25, 0.3) is 0 Å². The van der Waals surface area contributed by atoms with E-state index in [2.05, 4.69) is 4.74 Å². The molecule has 1 unspecified atom stereocenters. The third kappa shape index (κ3) is 3.71. The van der Waals surface area contributed by atoms with E-state index < -0.39 is 0 Å². The first-order valence-corrected chi connectivity index (χ1v) is 6.65. The number of benzene rings is 1. The molecule has 0 aliphatic rings. The van der Waals surface area contributed by atoms with Crippen molar-refractivity contribution in [1.29, 1.82) is 0 Å². The maximum absolute atomic E-state index is 11.0. The Bertz CT molecular complexity index is 531. The predicted octanol–water partition coefficient (Wildman–Crippen LogP) is 2.82. The molecule has 0 fully saturated rings. The summed E-state index contributed by atoms with van der Waals surface area (Å²) >= 11 is 0. The molecule has 2 N–H and O–H groups in total. The van der Waals surface area contributed by atoms with Crippen molar-refractivity contribution in [3.05, 3.63) is 59.5 Å². The second-order valence-electron chi connectivity index (χ2n) is 4.66. The van der Waals surface area contributed by atoms with Crippen LogP contribution in [0.15, 0.2) is 47.1 Å². The molecule has 4 nitrogen and oxygen atoms in total. The average molecular weight is 273 g/mol. The van der Waals surface area contributed by atoms with Crippen LogP contribution in [-0.2, 0) is 16.0 Å². The van der Waals surface area contributed by atoms with Crippen molar-refractivity contribution in [2.45, 2.75) is 25.3 Å². The smallest absolute Gasteiger partial charge is 0.305 e. The summed E-state index contributed by atoms with van der Waals surface area (Å²) in [5.74, 6) is 0.588. The molecular weight excluding hydrogens is 254 g/mol. The van der Waals surface area contributed by atoms with Crippen LogP contribution >= 0.6 is 0 Å². The van der Waals surface area contributed by atoms with Gasteiger partial charge in [-0.2, -0.15) is 0 Å². The van der Waals surface area contributed by atoms with Crippen LogP contribution < -0.4 is 5.73 Å². The topological polar surface area (TPSA) is 65.5 Å². The molecule has 1 atom stereocenters. The van der Waals surface area contributed by atoms with Gasteiger partial charge in [-0.05, 0) is 36.1 Å². The number of hydrogen-bond donors (Lipinski definition) is 1. The van der Waals surface area contributed by atoms with Crippen LogP contribution in [-0.4, -0.2) is 13.1 Å². The first kappa shape index (κ1) is 14.3. The first-order chi connectivity index (χ1) is 9.70. The van der Waals surface area contributed by atoms with Gasteiger partial charge < -0.3 is 14.9 Å². The molecule has 0 aliphatic carbocycles. The summed E-state index contributed by atoms with van der Waals surface area (Å²) in [5.41, 5.74) is 8.31. The zero-order valence-electron chi connectivity index (χ0n) is 11.5. The summed E-state index contributed by atoms with van der Waals surface area (Å²) in [6, 6.07) is 11.5. The lowest BCUT2D eigenvalue weighted by atomic mass is 10.0. The monoisotopic (exact) mass is 273 g/mol. The molecule has 0 aliphatic heterocycles. The van der Waals surface area contributed by atoms with E-state index in [9.17, 15) is 4.79 Å². The molecule has 2 aromatic rings. The number of esters is 1. The van der Waals surface area contributed by atoms with Crippen LogP contribution in [0.2, 0.25) is 0 Å². The number of ether oxygens (including phenoxy) is 1. The Morgan fingerprint density at radius 1 is 1.30 bits per heavy atom. The molecule has 0 saturated heterocycles. The Balaban J connectivity index is 1.91. The van der Waals surface area contributed by atoms with E-state index in [-0.39, 0.29) is 12.0 Å². The summed E-state index contributed by atoms with van der Waals surface area (Å²) in [7, 11) is 1.41. The number of aryl methyl sites for hydroxylation is 1. The molecule has 0 radical (unpaired) electrons. The van der Waals surface area contributed by atoms with Crippen LogP contribution in [0.4, 0.5) is 0 Å². The number of furan rings is 1. The van der Waals surface area contributed by atoms with Gasteiger partial charge in [0.2, 0.25) is 0 Å². The average Bonchev–Trinajstić information content (AvgIpc) is 3.01. The Morgan fingerprint density at radius 3 is 2.65 bits per heavy atom. The molecule has 4 heteroatoms. The summed E-state index contributed by atoms with van der Waals surface area (Å²) in [5, 5.41) is 0. The number of carbonyl (C=O) groups excluding carboxylic acids is 1. The van der Waals surface area contributed by atoms with Crippen LogP contribution in [0.3, 0.4) is 0 Å². The van der Waals surface area contributed by atoms with Crippen molar-refractivity contribution in [3.63, 3.8) is 0 Å². The lowest BCUT2D eigenvalue weighted by molar-refractivity contribution is -0.140. The molecule has 1 heterocycles. The minimum atomic E-state index is -0.242. The summed E-state index contributed by atoms with van der Waals surface area (Å²) in [6.45, 7) is 0. The zero-order valence-corrected chi connectivity index (χ0v) is 11.5. The minimum absolute atomic E-state index is 0.165. The SMILES string of the molecule is COC(=O)CCCc1ccc(C(N)c2ccco2)cc1. The summed E-state index contributed by atoms with van der Waals surface area (Å²) < 4.78 is 9.92. The number of carbonyl (C=O) groups is 1. The van der Waals surface area contributed by atoms with Gasteiger partial charge >= 0.3 is 5.97 Å². The van der Waals surface area contributed by atoms with E-state index in [1.165, 1.54) is 12.7 Å². The highest BCUT2D eigenvalue weighted by Gasteiger charge is 2.11. The van der Waals surface area contributed by atoms with Crippen LogP contribution in [0.1, 0.15) is 35.8 Å². The highest BCUT2D eigenvalue weighted by molar-refractivity contribution is 5.69. The van der Waals surface area contributed by atoms with E-state index in [1.54, 1.807) is 6.26 Å². The van der Waals surface area contributed by atoms with Gasteiger partial charge in [-0.3, -0.25) is 4.79 Å². The largest absolute Gasteiger partial charge is 0.469 e. The summed E-state index contributed by atoms with van der Waals surface area (Å²) in [6.07, 6.45) is 3.71. The normalized spacial score (nSPS) is 12.1. The quantitative estimate of drug-likeness (QED) is 0.822. The Labute approximate surface area is 118 Å². The predicted molar refractivity (Wildman–Crippen MR) is 76.1 cm³/mol. The zero-order chi connectivity index (χ0) is 14.4. The van der Waals surface area contributed by atoms with E-state index in [0.29, 0.717) is 6.42 Å². The number of hydrogen-bond acceptors (Lipinski definition) is 4. The van der Waals surface area contributed by atoms with Gasteiger partial charge in [0.15, 0.2) is 0 Å². The second-order valence-corrected chi connectivity index (χ2v) is 4.66. The maximum Gasteiger partial charge on any atom is 0.305 e. The third-order valence-corrected chi connectivity index (χ3v) is 3.26. The number of rotatable bonds is 6. The fraction of sp³-hybridized carbons (Fsp3) is 0.312. The molecule has 1 aromatic heterocycles. The van der Waals surface area contributed by atoms with Crippen LogP contribution in [0.5, 0.6) is 0 Å². The Hall–Kier alpha value is -2.07. The molecule has 0 saturated carbocycles. The standard InChI is InChI=1S/C16H19NO3/c1-19-15(18)6-2-4-12-7-9-13(10-8-12)16(17)14-5-3-11-20-14/h3,5,7-11,16H,2,4,6,17H2,1H3. The molecule has 0 spiro atoms. The van der Waals surface area contributed by atoms with Gasteiger partial charge in [-0.1, -0.05) is 24.3 Å². The van der Waals surface area contributed by atoms with E-state index in [1.807, 2.05) is 36.4 Å². The molecular formula is C16H19NO3. The van der Waals surface area contributed by atoms with Gasteiger partial charge in [-0.15, -0.1) is 0 Å². The second kappa shape index (κ2) is 6.91. The fourth-order valence-corrected chi connectivity index (χ4v) is 2.06. The Kier molecular flexibility index (Phi) is 4.96. The van der Waals surface area contributed by atoms with Crippen molar-refractivity contribution >= 4 is 5.97 Å². The van der Waals surface area contributed by atoms with E-state index >= 15 is 0 Å². The van der Waals surface area contributed by atoms with Crippen molar-refractivity contribution < 1.29 is 13.9 Å². The lowest BCUT2D eigenvalue weighted by Gasteiger charge is -2.10. The molecule has 0 bridgehead atoms. The third-order valence-electron chi connectivity index (χ3n) is 3.26. The first-order valence-electron chi connectivity index (χ1n) is 6.65. The minimum Gasteiger partial charge on any atom is -0.469 e. The molecule has 0 amide bonds. The molecule has 2 rings (SSSR count). The highest BCUT2D eigenvalue weighted by atomic mass is 16.5. The van der Waals surface area contributed by atoms with Crippen molar-refractivity contribution in [2.24, 2.45) is 5.73 Å². The van der Waals surface area contributed by atoms with E-state index in [0.717, 1.165) is 24.2 Å². The van der Waals surface area contributed by atoms with Gasteiger partial charge in [0, 0.05) is 6.42 Å². The van der Waals surface area contributed by atoms with Crippen molar-refractivity contribution in [3.8, 4) is 0 Å². The van der Waals surface area contributed by atoms with Gasteiger partial charge in [0.25, 0.3) is 0 Å². The van der Waals surface area contributed by atoms with Crippen LogP contribution in [0, 0.1) is 0 Å². The lowest BCUT2D eigenvalue weighted by Crippen LogP contribution is -2.10. The number of methoxy groups -OCH3 is 1. The van der Waals surface area contributed by atoms with Gasteiger partial charge in [0.05, 0.1) is 19.4 Å². The van der Waals surface area contributed by atoms with Crippen molar-refractivity contribution in [2.75, 3.05) is 7.11 Å². The fourth-order valence-electron chi connectivity index (χ4n) is 2.06. The Morgan fingerprint density at radius 2 is 2.05 bits per heavy atom. The summed E-state index contributed by atoms with van der Waals surface area (Å²) in [4.78, 5) is 11.0. The van der Waals surface area contributed by atoms with Crippen molar-refractivity contribution in [1.82, 2.24) is 0 Å². The van der Waals surface area contributed by atoms with Gasteiger partial charge in [0.1, 0.15) is 5.76 Å².